The molecule has 2 fully saturated rings. The van der Waals surface area contributed by atoms with Gasteiger partial charge in [0.1, 0.15) is 0 Å². The van der Waals surface area contributed by atoms with Crippen LogP contribution in [0.25, 0.3) is 0 Å². The molecule has 1 aliphatic carbocycles. The molecule has 17 heavy (non-hydrogen) atoms. The largest absolute Gasteiger partial charge is 0.315 e. The average molecular weight is 239 g/mol. The molecule has 2 N–H and O–H groups in total. The lowest BCUT2D eigenvalue weighted by Gasteiger charge is -2.41. The van der Waals surface area contributed by atoms with E-state index in [9.17, 15) is 0 Å². The maximum Gasteiger partial charge on any atom is 0.0245 e. The van der Waals surface area contributed by atoms with Gasteiger partial charge >= 0.3 is 0 Å². The van der Waals surface area contributed by atoms with Crippen LogP contribution in [0.1, 0.15) is 39.0 Å². The standard InChI is InChI=1S/C14H29N3/c1-12(17-10-8-16-9-11-17)14(15-2)13-6-4-3-5-7-13/h12-16H,3-11H2,1-2H3. The zero-order valence-corrected chi connectivity index (χ0v) is 11.5. The van der Waals surface area contributed by atoms with Crippen LogP contribution in [-0.2, 0) is 0 Å². The summed E-state index contributed by atoms with van der Waals surface area (Å²) in [5.74, 6) is 0.902. The lowest BCUT2D eigenvalue weighted by atomic mass is 9.81. The molecule has 0 amide bonds. The lowest BCUT2D eigenvalue weighted by Crippen LogP contribution is -2.56. The van der Waals surface area contributed by atoms with Crippen molar-refractivity contribution in [2.75, 3.05) is 33.2 Å². The molecule has 2 aliphatic rings. The summed E-state index contributed by atoms with van der Waals surface area (Å²) in [5.41, 5.74) is 0. The number of rotatable bonds is 4. The summed E-state index contributed by atoms with van der Waals surface area (Å²) in [6, 6.07) is 1.37. The summed E-state index contributed by atoms with van der Waals surface area (Å²) >= 11 is 0. The molecule has 100 valence electrons. The quantitative estimate of drug-likeness (QED) is 0.777. The molecule has 3 nitrogen and oxygen atoms in total. The van der Waals surface area contributed by atoms with Gasteiger partial charge in [-0.15, -0.1) is 0 Å². The summed E-state index contributed by atoms with van der Waals surface area (Å²) in [7, 11) is 2.15. The van der Waals surface area contributed by atoms with Gasteiger partial charge in [-0.25, -0.2) is 0 Å². The monoisotopic (exact) mass is 239 g/mol. The Kier molecular flexibility index (Phi) is 5.26. The first-order valence-corrected chi connectivity index (χ1v) is 7.45. The van der Waals surface area contributed by atoms with Crippen LogP contribution >= 0.6 is 0 Å². The zero-order valence-electron chi connectivity index (χ0n) is 11.5. The second-order valence-corrected chi connectivity index (χ2v) is 5.74. The van der Waals surface area contributed by atoms with Gasteiger partial charge in [0.2, 0.25) is 0 Å². The van der Waals surface area contributed by atoms with Gasteiger partial charge in [-0.3, -0.25) is 4.90 Å². The molecule has 0 aromatic carbocycles. The van der Waals surface area contributed by atoms with E-state index in [1.807, 2.05) is 0 Å². The SMILES string of the molecule is CNC(C1CCCCC1)C(C)N1CCNCC1. The predicted molar refractivity (Wildman–Crippen MR) is 73.3 cm³/mol. The zero-order chi connectivity index (χ0) is 12.1. The third-order valence-electron chi connectivity index (χ3n) is 4.74. The maximum absolute atomic E-state index is 3.61. The Morgan fingerprint density at radius 3 is 2.35 bits per heavy atom. The molecule has 0 aromatic rings. The molecule has 1 heterocycles. The minimum atomic E-state index is 0.685. The van der Waals surface area contributed by atoms with Crippen LogP contribution in [0.3, 0.4) is 0 Å². The Bertz CT molecular complexity index is 208. The maximum atomic E-state index is 3.61. The summed E-state index contributed by atoms with van der Waals surface area (Å²) < 4.78 is 0. The molecule has 2 atom stereocenters. The Balaban J connectivity index is 1.90. The van der Waals surface area contributed by atoms with Crippen LogP contribution < -0.4 is 10.6 Å². The van der Waals surface area contributed by atoms with E-state index in [0.717, 1.165) is 19.0 Å². The van der Waals surface area contributed by atoms with Crippen LogP contribution in [0.2, 0.25) is 0 Å². The molecule has 2 rings (SSSR count). The molecule has 1 aliphatic heterocycles. The lowest BCUT2D eigenvalue weighted by molar-refractivity contribution is 0.115. The number of hydrogen-bond acceptors (Lipinski definition) is 3. The van der Waals surface area contributed by atoms with E-state index < -0.39 is 0 Å². The summed E-state index contributed by atoms with van der Waals surface area (Å²) in [5, 5.41) is 7.05. The number of hydrogen-bond donors (Lipinski definition) is 2. The van der Waals surface area contributed by atoms with Gasteiger partial charge in [0.25, 0.3) is 0 Å². The number of piperazine rings is 1. The van der Waals surface area contributed by atoms with Crippen LogP contribution in [0.15, 0.2) is 0 Å². The van der Waals surface area contributed by atoms with Crippen molar-refractivity contribution in [2.45, 2.75) is 51.1 Å². The van der Waals surface area contributed by atoms with Gasteiger partial charge in [0.05, 0.1) is 0 Å². The highest BCUT2D eigenvalue weighted by Crippen LogP contribution is 2.29. The molecule has 1 saturated carbocycles. The number of nitrogens with one attached hydrogen (secondary N) is 2. The van der Waals surface area contributed by atoms with Crippen molar-refractivity contribution in [3.63, 3.8) is 0 Å². The van der Waals surface area contributed by atoms with Crippen molar-refractivity contribution in [3.8, 4) is 0 Å². The Labute approximate surface area is 106 Å². The molecule has 0 bridgehead atoms. The van der Waals surface area contributed by atoms with Crippen molar-refractivity contribution < 1.29 is 0 Å². The third-order valence-corrected chi connectivity index (χ3v) is 4.74. The van der Waals surface area contributed by atoms with Gasteiger partial charge in [-0.05, 0) is 32.7 Å². The van der Waals surface area contributed by atoms with E-state index in [1.54, 1.807) is 0 Å². The van der Waals surface area contributed by atoms with Crippen LogP contribution in [-0.4, -0.2) is 50.2 Å². The molecular formula is C14H29N3. The van der Waals surface area contributed by atoms with E-state index >= 15 is 0 Å². The minimum Gasteiger partial charge on any atom is -0.315 e. The highest BCUT2D eigenvalue weighted by molar-refractivity contribution is 4.88. The van der Waals surface area contributed by atoms with Crippen LogP contribution in [0.4, 0.5) is 0 Å². The highest BCUT2D eigenvalue weighted by Gasteiger charge is 2.30. The summed E-state index contributed by atoms with van der Waals surface area (Å²) in [4.78, 5) is 2.66. The van der Waals surface area contributed by atoms with E-state index in [-0.39, 0.29) is 0 Å². The normalized spacial score (nSPS) is 27.9. The Morgan fingerprint density at radius 1 is 1.12 bits per heavy atom. The van der Waals surface area contributed by atoms with Crippen molar-refractivity contribution in [1.29, 1.82) is 0 Å². The van der Waals surface area contributed by atoms with Gasteiger partial charge in [-0.1, -0.05) is 19.3 Å². The van der Waals surface area contributed by atoms with Gasteiger partial charge in [0, 0.05) is 38.3 Å². The first-order valence-electron chi connectivity index (χ1n) is 7.45. The van der Waals surface area contributed by atoms with Crippen molar-refractivity contribution in [1.82, 2.24) is 15.5 Å². The van der Waals surface area contributed by atoms with Crippen molar-refractivity contribution in [2.24, 2.45) is 5.92 Å². The second-order valence-electron chi connectivity index (χ2n) is 5.74. The fourth-order valence-electron chi connectivity index (χ4n) is 3.68. The number of likely N-dealkylation sites (N-methyl/N-ethyl adjacent to an activating group) is 1. The fraction of sp³-hybridized carbons (Fsp3) is 1.00. The first-order chi connectivity index (χ1) is 8.33. The Morgan fingerprint density at radius 2 is 1.76 bits per heavy atom. The summed E-state index contributed by atoms with van der Waals surface area (Å²) in [6.07, 6.45) is 7.20. The predicted octanol–water partition coefficient (Wildman–Crippen LogP) is 1.45. The van der Waals surface area contributed by atoms with Gasteiger partial charge < -0.3 is 10.6 Å². The highest BCUT2D eigenvalue weighted by atomic mass is 15.2. The van der Waals surface area contributed by atoms with E-state index in [1.165, 1.54) is 45.2 Å². The molecule has 3 heteroatoms. The smallest absolute Gasteiger partial charge is 0.0245 e. The third kappa shape index (κ3) is 3.43. The molecule has 1 saturated heterocycles. The summed E-state index contributed by atoms with van der Waals surface area (Å²) in [6.45, 7) is 7.16. The average Bonchev–Trinajstić information content (AvgIpc) is 2.42. The van der Waals surface area contributed by atoms with Crippen LogP contribution in [0, 0.1) is 5.92 Å². The fourth-order valence-corrected chi connectivity index (χ4v) is 3.68. The van der Waals surface area contributed by atoms with Crippen molar-refractivity contribution in [3.05, 3.63) is 0 Å². The van der Waals surface area contributed by atoms with E-state index in [4.69, 9.17) is 0 Å². The van der Waals surface area contributed by atoms with E-state index in [2.05, 4.69) is 29.5 Å². The van der Waals surface area contributed by atoms with Crippen molar-refractivity contribution >= 4 is 0 Å². The van der Waals surface area contributed by atoms with Gasteiger partial charge in [0.15, 0.2) is 0 Å². The van der Waals surface area contributed by atoms with Gasteiger partial charge in [-0.2, -0.15) is 0 Å². The molecule has 2 unspecified atom stereocenters. The topological polar surface area (TPSA) is 27.3 Å². The minimum absolute atomic E-state index is 0.685. The van der Waals surface area contributed by atoms with E-state index in [0.29, 0.717) is 12.1 Å². The first kappa shape index (κ1) is 13.3. The molecule has 0 radical (unpaired) electrons. The molecule has 0 spiro atoms. The number of nitrogens with zero attached hydrogens (tertiary/aromatic N) is 1. The second kappa shape index (κ2) is 6.72. The molecule has 0 aromatic heterocycles. The van der Waals surface area contributed by atoms with Crippen LogP contribution in [0.5, 0.6) is 0 Å². The molecular weight excluding hydrogens is 210 g/mol. The Hall–Kier alpha value is -0.120.